The minimum Gasteiger partial charge on any atom is -0.336 e. The SMILES string of the molecule is O=C(c1cc(F)ccc1I)N1CCCC(n2cncn2)C1. The van der Waals surface area contributed by atoms with Gasteiger partial charge in [-0.15, -0.1) is 0 Å². The number of carbonyl (C=O) groups is 1. The zero-order chi connectivity index (χ0) is 14.8. The van der Waals surface area contributed by atoms with Crippen LogP contribution in [0.25, 0.3) is 0 Å². The second-order valence-corrected chi connectivity index (χ2v) is 6.21. The molecule has 0 radical (unpaired) electrons. The molecule has 1 amide bonds. The van der Waals surface area contributed by atoms with E-state index in [1.165, 1.54) is 18.5 Å². The van der Waals surface area contributed by atoms with Gasteiger partial charge in [-0.25, -0.2) is 14.1 Å². The number of carbonyl (C=O) groups excluding carboxylic acids is 1. The monoisotopic (exact) mass is 400 g/mol. The van der Waals surface area contributed by atoms with Crippen molar-refractivity contribution in [3.05, 3.63) is 45.8 Å². The molecule has 110 valence electrons. The molecule has 1 saturated heterocycles. The van der Waals surface area contributed by atoms with Crippen molar-refractivity contribution in [3.8, 4) is 0 Å². The van der Waals surface area contributed by atoms with Crippen LogP contribution in [0.1, 0.15) is 29.2 Å². The Labute approximate surface area is 135 Å². The Bertz CT molecular complexity index is 646. The molecule has 1 aliphatic heterocycles. The summed E-state index contributed by atoms with van der Waals surface area (Å²) < 4.78 is 15.9. The van der Waals surface area contributed by atoms with Crippen molar-refractivity contribution in [2.24, 2.45) is 0 Å². The number of benzene rings is 1. The lowest BCUT2D eigenvalue weighted by Crippen LogP contribution is -2.41. The molecule has 7 heteroatoms. The molecular formula is C14H14FIN4O. The first kappa shape index (κ1) is 14.4. The number of rotatable bonds is 2. The number of hydrogen-bond acceptors (Lipinski definition) is 3. The quantitative estimate of drug-likeness (QED) is 0.729. The summed E-state index contributed by atoms with van der Waals surface area (Å²) in [6, 6.07) is 4.44. The van der Waals surface area contributed by atoms with E-state index in [9.17, 15) is 9.18 Å². The number of hydrogen-bond donors (Lipinski definition) is 0. The lowest BCUT2D eigenvalue weighted by atomic mass is 10.0. The van der Waals surface area contributed by atoms with Crippen LogP contribution in [0.3, 0.4) is 0 Å². The van der Waals surface area contributed by atoms with Crippen LogP contribution in [0, 0.1) is 9.39 Å². The molecule has 0 N–H and O–H groups in total. The predicted molar refractivity (Wildman–Crippen MR) is 83.3 cm³/mol. The van der Waals surface area contributed by atoms with Crippen LogP contribution in [-0.4, -0.2) is 38.7 Å². The van der Waals surface area contributed by atoms with Crippen molar-refractivity contribution in [1.82, 2.24) is 19.7 Å². The lowest BCUT2D eigenvalue weighted by molar-refractivity contribution is 0.0671. The highest BCUT2D eigenvalue weighted by atomic mass is 127. The van der Waals surface area contributed by atoms with Crippen LogP contribution < -0.4 is 0 Å². The molecule has 1 fully saturated rings. The summed E-state index contributed by atoms with van der Waals surface area (Å²) in [5.41, 5.74) is 0.426. The zero-order valence-corrected chi connectivity index (χ0v) is 13.4. The van der Waals surface area contributed by atoms with E-state index in [0.29, 0.717) is 18.7 Å². The first-order valence-electron chi connectivity index (χ1n) is 6.73. The topological polar surface area (TPSA) is 51.0 Å². The second kappa shape index (κ2) is 6.08. The van der Waals surface area contributed by atoms with Crippen LogP contribution in [0.2, 0.25) is 0 Å². The smallest absolute Gasteiger partial charge is 0.255 e. The van der Waals surface area contributed by atoms with Gasteiger partial charge in [-0.1, -0.05) is 0 Å². The van der Waals surface area contributed by atoms with E-state index in [1.807, 2.05) is 0 Å². The number of aromatic nitrogens is 3. The summed E-state index contributed by atoms with van der Waals surface area (Å²) in [6.07, 6.45) is 5.04. The summed E-state index contributed by atoms with van der Waals surface area (Å²) in [4.78, 5) is 18.3. The molecule has 1 atom stereocenters. The highest BCUT2D eigenvalue weighted by Gasteiger charge is 2.27. The summed E-state index contributed by atoms with van der Waals surface area (Å²) in [5.74, 6) is -0.507. The Balaban J connectivity index is 1.79. The van der Waals surface area contributed by atoms with E-state index in [1.54, 1.807) is 22.0 Å². The van der Waals surface area contributed by atoms with Gasteiger partial charge in [-0.2, -0.15) is 5.10 Å². The molecule has 1 aromatic carbocycles. The van der Waals surface area contributed by atoms with Gasteiger partial charge in [0, 0.05) is 16.7 Å². The first-order chi connectivity index (χ1) is 10.1. The van der Waals surface area contributed by atoms with E-state index in [-0.39, 0.29) is 17.8 Å². The van der Waals surface area contributed by atoms with Crippen LogP contribution >= 0.6 is 22.6 Å². The van der Waals surface area contributed by atoms with Gasteiger partial charge >= 0.3 is 0 Å². The van der Waals surface area contributed by atoms with E-state index >= 15 is 0 Å². The highest BCUT2D eigenvalue weighted by Crippen LogP contribution is 2.23. The van der Waals surface area contributed by atoms with Gasteiger partial charge < -0.3 is 4.90 Å². The molecule has 21 heavy (non-hydrogen) atoms. The van der Waals surface area contributed by atoms with E-state index in [2.05, 4.69) is 32.7 Å². The minimum atomic E-state index is -0.386. The molecule has 0 spiro atoms. The maximum Gasteiger partial charge on any atom is 0.255 e. The molecular weight excluding hydrogens is 386 g/mol. The maximum atomic E-state index is 13.4. The van der Waals surface area contributed by atoms with Crippen molar-refractivity contribution >= 4 is 28.5 Å². The van der Waals surface area contributed by atoms with Gasteiger partial charge in [0.1, 0.15) is 18.5 Å². The van der Waals surface area contributed by atoms with Crippen LogP contribution in [0.15, 0.2) is 30.9 Å². The normalized spacial score (nSPS) is 18.8. The average molecular weight is 400 g/mol. The van der Waals surface area contributed by atoms with Gasteiger partial charge in [0.2, 0.25) is 0 Å². The van der Waals surface area contributed by atoms with Gasteiger partial charge in [0.05, 0.1) is 11.6 Å². The maximum absolute atomic E-state index is 13.4. The summed E-state index contributed by atoms with van der Waals surface area (Å²) in [6.45, 7) is 1.27. The number of piperidine rings is 1. The van der Waals surface area contributed by atoms with Crippen LogP contribution in [-0.2, 0) is 0 Å². The number of nitrogens with zero attached hydrogens (tertiary/aromatic N) is 4. The largest absolute Gasteiger partial charge is 0.336 e. The minimum absolute atomic E-state index is 0.122. The molecule has 1 aliphatic rings. The van der Waals surface area contributed by atoms with Crippen LogP contribution in [0.5, 0.6) is 0 Å². The number of halogens is 2. The second-order valence-electron chi connectivity index (χ2n) is 5.05. The Hall–Kier alpha value is -1.51. The summed E-state index contributed by atoms with van der Waals surface area (Å²) >= 11 is 2.06. The molecule has 0 bridgehead atoms. The summed E-state index contributed by atoms with van der Waals surface area (Å²) in [5, 5.41) is 4.14. The first-order valence-corrected chi connectivity index (χ1v) is 7.81. The Morgan fingerprint density at radius 2 is 2.29 bits per heavy atom. The predicted octanol–water partition coefficient (Wildman–Crippen LogP) is 2.50. The van der Waals surface area contributed by atoms with Crippen molar-refractivity contribution in [3.63, 3.8) is 0 Å². The molecule has 0 aliphatic carbocycles. The third-order valence-electron chi connectivity index (χ3n) is 3.65. The third kappa shape index (κ3) is 3.07. The van der Waals surface area contributed by atoms with E-state index < -0.39 is 0 Å². The standard InChI is InChI=1S/C14H14FIN4O/c15-10-3-4-13(16)12(6-10)14(21)19-5-1-2-11(7-19)20-9-17-8-18-20/h3-4,6,8-9,11H,1-2,5,7H2. The Kier molecular flexibility index (Phi) is 4.18. The molecule has 2 aromatic rings. The van der Waals surface area contributed by atoms with E-state index in [0.717, 1.165) is 16.4 Å². The molecule has 3 rings (SSSR count). The van der Waals surface area contributed by atoms with Gasteiger partial charge in [0.15, 0.2) is 0 Å². The van der Waals surface area contributed by atoms with Crippen molar-refractivity contribution < 1.29 is 9.18 Å². The van der Waals surface area contributed by atoms with Crippen LogP contribution in [0.4, 0.5) is 4.39 Å². The van der Waals surface area contributed by atoms with Crippen molar-refractivity contribution in [2.45, 2.75) is 18.9 Å². The molecule has 0 saturated carbocycles. The van der Waals surface area contributed by atoms with Gasteiger partial charge in [-0.3, -0.25) is 4.79 Å². The van der Waals surface area contributed by atoms with Crippen molar-refractivity contribution in [1.29, 1.82) is 0 Å². The average Bonchev–Trinajstić information content (AvgIpc) is 3.03. The Morgan fingerprint density at radius 1 is 1.43 bits per heavy atom. The van der Waals surface area contributed by atoms with Gasteiger partial charge in [0.25, 0.3) is 5.91 Å². The summed E-state index contributed by atoms with van der Waals surface area (Å²) in [7, 11) is 0. The van der Waals surface area contributed by atoms with Crippen molar-refractivity contribution in [2.75, 3.05) is 13.1 Å². The van der Waals surface area contributed by atoms with E-state index in [4.69, 9.17) is 0 Å². The highest BCUT2D eigenvalue weighted by molar-refractivity contribution is 14.1. The fourth-order valence-corrected chi connectivity index (χ4v) is 3.16. The number of likely N-dealkylation sites (tertiary alicyclic amines) is 1. The fourth-order valence-electron chi connectivity index (χ4n) is 2.59. The number of amides is 1. The third-order valence-corrected chi connectivity index (χ3v) is 4.59. The fraction of sp³-hybridized carbons (Fsp3) is 0.357. The molecule has 1 aromatic heterocycles. The molecule has 1 unspecified atom stereocenters. The Morgan fingerprint density at radius 3 is 3.05 bits per heavy atom. The lowest BCUT2D eigenvalue weighted by Gasteiger charge is -2.32. The zero-order valence-electron chi connectivity index (χ0n) is 11.2. The molecule has 2 heterocycles. The van der Waals surface area contributed by atoms with Gasteiger partial charge in [-0.05, 0) is 53.6 Å². The molecule has 5 nitrogen and oxygen atoms in total.